The lowest BCUT2D eigenvalue weighted by Gasteiger charge is -2.29. The van der Waals surface area contributed by atoms with Crippen molar-refractivity contribution < 1.29 is 0 Å². The summed E-state index contributed by atoms with van der Waals surface area (Å²) in [5.41, 5.74) is 9.74. The monoisotopic (exact) mass is 244 g/mol. The highest BCUT2D eigenvalue weighted by molar-refractivity contribution is 5.76. The number of fused-ring (bicyclic) bond motifs is 1. The van der Waals surface area contributed by atoms with Gasteiger partial charge in [0.15, 0.2) is 0 Å². The van der Waals surface area contributed by atoms with Gasteiger partial charge in [0.1, 0.15) is 0 Å². The Hall–Kier alpha value is -1.39. The molecule has 2 heterocycles. The molecule has 3 N–H and O–H groups in total. The highest BCUT2D eigenvalue weighted by Crippen LogP contribution is 2.23. The van der Waals surface area contributed by atoms with E-state index in [0.29, 0.717) is 6.04 Å². The van der Waals surface area contributed by atoms with Gasteiger partial charge < -0.3 is 15.6 Å². The number of aromatic nitrogens is 2. The van der Waals surface area contributed by atoms with E-state index in [0.717, 1.165) is 17.6 Å². The summed E-state index contributed by atoms with van der Waals surface area (Å²) in [6.07, 6.45) is 5.56. The van der Waals surface area contributed by atoms with Gasteiger partial charge in [0.05, 0.1) is 17.4 Å². The predicted molar refractivity (Wildman–Crippen MR) is 73.3 cm³/mol. The Labute approximate surface area is 107 Å². The van der Waals surface area contributed by atoms with E-state index in [2.05, 4.69) is 28.5 Å². The third-order valence-corrected chi connectivity index (χ3v) is 3.92. The summed E-state index contributed by atoms with van der Waals surface area (Å²) in [5.74, 6) is 0. The second-order valence-corrected chi connectivity index (χ2v) is 5.19. The first-order chi connectivity index (χ1) is 8.75. The molecule has 18 heavy (non-hydrogen) atoms. The normalized spacial score (nSPS) is 22.2. The Morgan fingerprint density at radius 2 is 2.33 bits per heavy atom. The van der Waals surface area contributed by atoms with Gasteiger partial charge in [-0.1, -0.05) is 12.5 Å². The molecule has 4 nitrogen and oxygen atoms in total. The van der Waals surface area contributed by atoms with Gasteiger partial charge in [-0.25, -0.2) is 4.98 Å². The van der Waals surface area contributed by atoms with E-state index in [1.165, 1.54) is 24.8 Å². The molecule has 1 aliphatic rings. The molecule has 3 rings (SSSR count). The summed E-state index contributed by atoms with van der Waals surface area (Å²) in [7, 11) is 2.01. The molecule has 96 valence electrons. The number of aryl methyl sites for hydroxylation is 1. The van der Waals surface area contributed by atoms with Gasteiger partial charge in [0.25, 0.3) is 0 Å². The van der Waals surface area contributed by atoms with E-state index in [1.54, 1.807) is 0 Å². The number of imidazole rings is 1. The van der Waals surface area contributed by atoms with E-state index in [9.17, 15) is 0 Å². The van der Waals surface area contributed by atoms with Gasteiger partial charge in [0, 0.05) is 19.1 Å². The smallest absolute Gasteiger partial charge is 0.0955 e. The van der Waals surface area contributed by atoms with Crippen molar-refractivity contribution in [3.8, 4) is 0 Å². The lowest BCUT2D eigenvalue weighted by Crippen LogP contribution is -2.42. The van der Waals surface area contributed by atoms with Crippen molar-refractivity contribution in [1.82, 2.24) is 14.9 Å². The van der Waals surface area contributed by atoms with Crippen LogP contribution in [0.25, 0.3) is 11.0 Å². The van der Waals surface area contributed by atoms with E-state index in [-0.39, 0.29) is 6.04 Å². The Bertz CT molecular complexity index is 540. The lowest BCUT2D eigenvalue weighted by molar-refractivity contribution is 0.354. The molecule has 0 bridgehead atoms. The van der Waals surface area contributed by atoms with Crippen LogP contribution in [0.4, 0.5) is 0 Å². The van der Waals surface area contributed by atoms with E-state index >= 15 is 0 Å². The van der Waals surface area contributed by atoms with Crippen molar-refractivity contribution in [1.29, 1.82) is 0 Å². The summed E-state index contributed by atoms with van der Waals surface area (Å²) in [4.78, 5) is 4.39. The highest BCUT2D eigenvalue weighted by Gasteiger charge is 2.21. The topological polar surface area (TPSA) is 55.9 Å². The largest absolute Gasteiger partial charge is 0.334 e. The average Bonchev–Trinajstić information content (AvgIpc) is 2.80. The van der Waals surface area contributed by atoms with Crippen LogP contribution in [0.15, 0.2) is 24.5 Å². The Kier molecular flexibility index (Phi) is 3.06. The molecule has 2 aromatic rings. The lowest BCUT2D eigenvalue weighted by atomic mass is 9.93. The number of rotatable bonds is 2. The van der Waals surface area contributed by atoms with Crippen LogP contribution in [0.3, 0.4) is 0 Å². The average molecular weight is 244 g/mol. The van der Waals surface area contributed by atoms with Crippen molar-refractivity contribution in [2.75, 3.05) is 6.54 Å². The number of benzene rings is 1. The fraction of sp³-hybridized carbons (Fsp3) is 0.500. The third-order valence-electron chi connectivity index (χ3n) is 3.92. The van der Waals surface area contributed by atoms with Crippen LogP contribution in [0.5, 0.6) is 0 Å². The summed E-state index contributed by atoms with van der Waals surface area (Å²) >= 11 is 0. The van der Waals surface area contributed by atoms with E-state index in [4.69, 9.17) is 5.73 Å². The molecule has 0 amide bonds. The minimum Gasteiger partial charge on any atom is -0.334 e. The van der Waals surface area contributed by atoms with Crippen molar-refractivity contribution in [3.63, 3.8) is 0 Å². The molecule has 1 fully saturated rings. The Balaban J connectivity index is 1.88. The maximum absolute atomic E-state index is 6.37. The first-order valence-electron chi connectivity index (χ1n) is 6.65. The molecule has 0 saturated carbocycles. The molecule has 1 aromatic carbocycles. The quantitative estimate of drug-likeness (QED) is 0.845. The minimum atomic E-state index is 0.0664. The van der Waals surface area contributed by atoms with E-state index < -0.39 is 0 Å². The number of hydrogen-bond acceptors (Lipinski definition) is 3. The molecule has 0 aliphatic carbocycles. The van der Waals surface area contributed by atoms with Crippen molar-refractivity contribution in [3.05, 3.63) is 30.1 Å². The molecular formula is C14H20N4. The molecular weight excluding hydrogens is 224 g/mol. The maximum Gasteiger partial charge on any atom is 0.0955 e. The molecule has 2 atom stereocenters. The van der Waals surface area contributed by atoms with Gasteiger partial charge in [-0.05, 0) is 37.1 Å². The summed E-state index contributed by atoms with van der Waals surface area (Å²) in [6, 6.07) is 6.83. The molecule has 4 heteroatoms. The molecule has 1 aliphatic heterocycles. The Morgan fingerprint density at radius 1 is 1.44 bits per heavy atom. The zero-order chi connectivity index (χ0) is 12.5. The second kappa shape index (κ2) is 4.71. The summed E-state index contributed by atoms with van der Waals surface area (Å²) in [5, 5.41) is 3.52. The van der Waals surface area contributed by atoms with Crippen LogP contribution < -0.4 is 11.1 Å². The van der Waals surface area contributed by atoms with Crippen LogP contribution in [-0.2, 0) is 7.05 Å². The molecule has 1 aromatic heterocycles. The number of nitrogens with two attached hydrogens (primary N) is 1. The zero-order valence-corrected chi connectivity index (χ0v) is 10.8. The molecule has 2 unspecified atom stereocenters. The van der Waals surface area contributed by atoms with Gasteiger partial charge >= 0.3 is 0 Å². The standard InChI is InChI=1S/C14H20N4/c1-18-9-17-12-8-10(5-6-13(12)18)14(15)11-4-2-3-7-16-11/h5-6,8-9,11,14,16H,2-4,7,15H2,1H3. The molecule has 0 spiro atoms. The van der Waals surface area contributed by atoms with Crippen LogP contribution in [-0.4, -0.2) is 22.1 Å². The van der Waals surface area contributed by atoms with Crippen LogP contribution >= 0.6 is 0 Å². The van der Waals surface area contributed by atoms with Crippen molar-refractivity contribution in [2.24, 2.45) is 12.8 Å². The van der Waals surface area contributed by atoms with Crippen LogP contribution in [0.2, 0.25) is 0 Å². The zero-order valence-electron chi connectivity index (χ0n) is 10.8. The van der Waals surface area contributed by atoms with Crippen molar-refractivity contribution >= 4 is 11.0 Å². The highest BCUT2D eigenvalue weighted by atomic mass is 15.0. The molecule has 0 radical (unpaired) electrons. The van der Waals surface area contributed by atoms with Gasteiger partial charge in [-0.15, -0.1) is 0 Å². The van der Waals surface area contributed by atoms with Crippen LogP contribution in [0.1, 0.15) is 30.9 Å². The maximum atomic E-state index is 6.37. The number of hydrogen-bond donors (Lipinski definition) is 2. The van der Waals surface area contributed by atoms with E-state index in [1.807, 2.05) is 17.9 Å². The Morgan fingerprint density at radius 3 is 3.11 bits per heavy atom. The third kappa shape index (κ3) is 2.02. The first kappa shape index (κ1) is 11.7. The minimum absolute atomic E-state index is 0.0664. The number of piperidine rings is 1. The first-order valence-corrected chi connectivity index (χ1v) is 6.65. The van der Waals surface area contributed by atoms with Crippen LogP contribution in [0, 0.1) is 0 Å². The van der Waals surface area contributed by atoms with Crippen molar-refractivity contribution in [2.45, 2.75) is 31.3 Å². The number of nitrogens with zero attached hydrogens (tertiary/aromatic N) is 2. The second-order valence-electron chi connectivity index (χ2n) is 5.19. The summed E-state index contributed by atoms with van der Waals surface area (Å²) < 4.78 is 2.03. The number of nitrogens with one attached hydrogen (secondary N) is 1. The molecule has 1 saturated heterocycles. The van der Waals surface area contributed by atoms with Gasteiger partial charge in [-0.2, -0.15) is 0 Å². The summed E-state index contributed by atoms with van der Waals surface area (Å²) in [6.45, 7) is 1.09. The fourth-order valence-corrected chi connectivity index (χ4v) is 2.78. The van der Waals surface area contributed by atoms with Gasteiger partial charge in [0.2, 0.25) is 0 Å². The van der Waals surface area contributed by atoms with Gasteiger partial charge in [-0.3, -0.25) is 0 Å². The SMILES string of the molecule is Cn1cnc2cc(C(N)C3CCCCN3)ccc21. The predicted octanol–water partition coefficient (Wildman–Crippen LogP) is 1.72. The fourth-order valence-electron chi connectivity index (χ4n) is 2.78.